The number of benzene rings is 1. The minimum atomic E-state index is -0.351. The lowest BCUT2D eigenvalue weighted by atomic mass is 9.98. The number of esters is 1. The summed E-state index contributed by atoms with van der Waals surface area (Å²) in [7, 11) is 1.37. The third-order valence-corrected chi connectivity index (χ3v) is 4.50. The summed E-state index contributed by atoms with van der Waals surface area (Å²) in [6, 6.07) is 5.29. The number of hydrogen-bond acceptors (Lipinski definition) is 4. The van der Waals surface area contributed by atoms with Crippen LogP contribution in [0.2, 0.25) is 0 Å². The Kier molecular flexibility index (Phi) is 6.64. The van der Waals surface area contributed by atoms with E-state index in [-0.39, 0.29) is 23.9 Å². The molecule has 0 saturated carbocycles. The van der Waals surface area contributed by atoms with Gasteiger partial charge in [0.15, 0.2) is 0 Å². The van der Waals surface area contributed by atoms with Gasteiger partial charge in [-0.25, -0.2) is 4.79 Å². The number of carbonyl (C=O) groups excluding carboxylic acids is 2. The van der Waals surface area contributed by atoms with Crippen LogP contribution in [0.4, 0.5) is 0 Å². The first kappa shape index (κ1) is 18.3. The maximum absolute atomic E-state index is 12.3. The fraction of sp³-hybridized carbons (Fsp3) is 0.579. The number of carbonyl (C=O) groups is 2. The van der Waals surface area contributed by atoms with Gasteiger partial charge >= 0.3 is 5.97 Å². The Balaban J connectivity index is 1.87. The predicted molar refractivity (Wildman–Crippen MR) is 92.2 cm³/mol. The van der Waals surface area contributed by atoms with E-state index in [1.54, 1.807) is 18.2 Å². The highest BCUT2D eigenvalue weighted by molar-refractivity contribution is 5.89. The van der Waals surface area contributed by atoms with Crippen LogP contribution in [0, 0.1) is 5.92 Å². The molecule has 1 aliphatic heterocycles. The molecule has 5 heteroatoms. The molecule has 1 amide bonds. The Morgan fingerprint density at radius 2 is 2.17 bits per heavy atom. The van der Waals surface area contributed by atoms with Gasteiger partial charge in [-0.05, 0) is 36.6 Å². The highest BCUT2D eigenvalue weighted by atomic mass is 16.5. The zero-order valence-electron chi connectivity index (χ0n) is 14.8. The third-order valence-electron chi connectivity index (χ3n) is 4.50. The minimum Gasteiger partial charge on any atom is -0.488 e. The zero-order valence-corrected chi connectivity index (χ0v) is 14.8. The highest BCUT2D eigenvalue weighted by Crippen LogP contribution is 2.29. The molecule has 0 aliphatic carbocycles. The van der Waals surface area contributed by atoms with E-state index in [2.05, 4.69) is 19.2 Å². The molecule has 2 atom stereocenters. The summed E-state index contributed by atoms with van der Waals surface area (Å²) >= 11 is 0. The van der Waals surface area contributed by atoms with Gasteiger partial charge in [-0.15, -0.1) is 0 Å². The van der Waals surface area contributed by atoms with E-state index < -0.39 is 0 Å². The second kappa shape index (κ2) is 8.71. The average molecular weight is 333 g/mol. The molecule has 5 nitrogen and oxygen atoms in total. The van der Waals surface area contributed by atoms with E-state index in [0.717, 1.165) is 37.0 Å². The molecule has 1 N–H and O–H groups in total. The van der Waals surface area contributed by atoms with Crippen molar-refractivity contribution in [3.05, 3.63) is 29.3 Å². The summed E-state index contributed by atoms with van der Waals surface area (Å²) in [5.41, 5.74) is 1.50. The third kappa shape index (κ3) is 4.49. The predicted octanol–water partition coefficient (Wildman–Crippen LogP) is 3.11. The fourth-order valence-electron chi connectivity index (χ4n) is 3.01. The van der Waals surface area contributed by atoms with Crippen molar-refractivity contribution in [2.24, 2.45) is 5.92 Å². The summed E-state index contributed by atoms with van der Waals surface area (Å²) in [6.07, 6.45) is 4.58. The minimum absolute atomic E-state index is 0.0828. The van der Waals surface area contributed by atoms with Gasteiger partial charge in [-0.2, -0.15) is 0 Å². The molecule has 0 spiro atoms. The maximum Gasteiger partial charge on any atom is 0.337 e. The van der Waals surface area contributed by atoms with E-state index >= 15 is 0 Å². The first-order valence-electron chi connectivity index (χ1n) is 8.74. The topological polar surface area (TPSA) is 64.6 Å². The fourth-order valence-corrected chi connectivity index (χ4v) is 3.01. The van der Waals surface area contributed by atoms with Crippen molar-refractivity contribution in [1.82, 2.24) is 5.32 Å². The van der Waals surface area contributed by atoms with Crippen LogP contribution in [0.1, 0.15) is 55.5 Å². The smallest absolute Gasteiger partial charge is 0.337 e. The van der Waals surface area contributed by atoms with Crippen molar-refractivity contribution < 1.29 is 19.1 Å². The van der Waals surface area contributed by atoms with E-state index in [0.29, 0.717) is 18.5 Å². The summed E-state index contributed by atoms with van der Waals surface area (Å²) in [5, 5.41) is 3.01. The molecule has 132 valence electrons. The van der Waals surface area contributed by atoms with Crippen LogP contribution in [0.15, 0.2) is 18.2 Å². The average Bonchev–Trinajstić information content (AvgIpc) is 3.01. The second-order valence-electron chi connectivity index (χ2n) is 6.25. The molecular formula is C19H27NO4. The Hall–Kier alpha value is -2.04. The molecule has 0 aromatic heterocycles. The molecule has 0 radical (unpaired) electrons. The Morgan fingerprint density at radius 3 is 2.83 bits per heavy atom. The van der Waals surface area contributed by atoms with Gasteiger partial charge in [0, 0.05) is 12.3 Å². The largest absolute Gasteiger partial charge is 0.488 e. The van der Waals surface area contributed by atoms with Crippen molar-refractivity contribution in [3.8, 4) is 5.75 Å². The summed E-state index contributed by atoms with van der Waals surface area (Å²) in [6.45, 7) is 4.68. The normalized spacial score (nSPS) is 16.9. The monoisotopic (exact) mass is 333 g/mol. The van der Waals surface area contributed by atoms with Gasteiger partial charge in [0.2, 0.25) is 5.91 Å². The molecular weight excluding hydrogens is 306 g/mol. The van der Waals surface area contributed by atoms with Crippen molar-refractivity contribution in [2.75, 3.05) is 13.7 Å². The molecule has 1 aromatic carbocycles. The van der Waals surface area contributed by atoms with Gasteiger partial charge < -0.3 is 14.8 Å². The van der Waals surface area contributed by atoms with Crippen LogP contribution in [0.3, 0.4) is 0 Å². The molecule has 24 heavy (non-hydrogen) atoms. The first-order chi connectivity index (χ1) is 11.6. The van der Waals surface area contributed by atoms with E-state index in [4.69, 9.17) is 9.47 Å². The van der Waals surface area contributed by atoms with Crippen molar-refractivity contribution >= 4 is 11.9 Å². The summed E-state index contributed by atoms with van der Waals surface area (Å²) < 4.78 is 10.6. The Labute approximate surface area is 143 Å². The van der Waals surface area contributed by atoms with Crippen LogP contribution >= 0.6 is 0 Å². The standard InChI is InChI=1S/C19H27NO4/c1-4-6-7-13(5-2)18(21)20-12-16-11-15-10-14(19(22)23-3)8-9-17(15)24-16/h8-10,13,16H,4-7,11-12H2,1-3H3,(H,20,21)/t13-,16+/m0/s1. The van der Waals surface area contributed by atoms with Crippen LogP contribution in [-0.4, -0.2) is 31.6 Å². The van der Waals surface area contributed by atoms with Gasteiger partial charge in [0.1, 0.15) is 11.9 Å². The number of hydrogen-bond donors (Lipinski definition) is 1. The van der Waals surface area contributed by atoms with Crippen LogP contribution in [-0.2, 0) is 16.0 Å². The van der Waals surface area contributed by atoms with Crippen molar-refractivity contribution in [3.63, 3.8) is 0 Å². The number of methoxy groups -OCH3 is 1. The molecule has 1 aliphatic rings. The SMILES string of the molecule is CCCC[C@H](CC)C(=O)NC[C@H]1Cc2cc(C(=O)OC)ccc2O1. The number of unbranched alkanes of at least 4 members (excludes halogenated alkanes) is 1. The molecule has 1 heterocycles. The van der Waals surface area contributed by atoms with Gasteiger partial charge in [-0.1, -0.05) is 26.7 Å². The lowest BCUT2D eigenvalue weighted by molar-refractivity contribution is -0.125. The van der Waals surface area contributed by atoms with Crippen LogP contribution in [0.5, 0.6) is 5.75 Å². The number of nitrogens with one attached hydrogen (secondary N) is 1. The van der Waals surface area contributed by atoms with Gasteiger partial charge in [0.25, 0.3) is 0 Å². The zero-order chi connectivity index (χ0) is 17.5. The van der Waals surface area contributed by atoms with Crippen molar-refractivity contribution in [2.45, 2.75) is 52.1 Å². The van der Waals surface area contributed by atoms with E-state index in [1.165, 1.54) is 7.11 Å². The second-order valence-corrected chi connectivity index (χ2v) is 6.25. The lowest BCUT2D eigenvalue weighted by Crippen LogP contribution is -2.37. The quantitative estimate of drug-likeness (QED) is 0.743. The van der Waals surface area contributed by atoms with Crippen LogP contribution < -0.4 is 10.1 Å². The van der Waals surface area contributed by atoms with Crippen molar-refractivity contribution in [1.29, 1.82) is 0 Å². The molecule has 0 bridgehead atoms. The Morgan fingerprint density at radius 1 is 1.38 bits per heavy atom. The number of fused-ring (bicyclic) bond motifs is 1. The highest BCUT2D eigenvalue weighted by Gasteiger charge is 2.25. The molecule has 2 rings (SSSR count). The summed E-state index contributed by atoms with van der Waals surface area (Å²) in [5.74, 6) is 0.622. The first-order valence-corrected chi connectivity index (χ1v) is 8.74. The molecule has 0 fully saturated rings. The van der Waals surface area contributed by atoms with E-state index in [9.17, 15) is 9.59 Å². The lowest BCUT2D eigenvalue weighted by Gasteiger charge is -2.17. The number of ether oxygens (including phenoxy) is 2. The number of amides is 1. The van der Waals surface area contributed by atoms with Gasteiger partial charge in [-0.3, -0.25) is 4.79 Å². The summed E-state index contributed by atoms with van der Waals surface area (Å²) in [4.78, 5) is 23.8. The maximum atomic E-state index is 12.3. The molecule has 1 aromatic rings. The van der Waals surface area contributed by atoms with Gasteiger partial charge in [0.05, 0.1) is 19.2 Å². The molecule has 0 unspecified atom stereocenters. The Bertz CT molecular complexity index is 585. The molecule has 0 saturated heterocycles. The van der Waals surface area contributed by atoms with Crippen LogP contribution in [0.25, 0.3) is 0 Å². The van der Waals surface area contributed by atoms with E-state index in [1.807, 2.05) is 0 Å². The number of rotatable bonds is 8.